The number of nitrogens with one attached hydrogen (secondary N) is 1. The molecular formula is C13H17FN2S2. The first-order valence-electron chi connectivity index (χ1n) is 6.00. The SMILES string of the molecule is CSC1CCCC1Nc1ccc(F)cc1C(N)=S. The van der Waals surface area contributed by atoms with Gasteiger partial charge in [-0.15, -0.1) is 0 Å². The number of thioether (sulfide) groups is 1. The molecule has 1 aliphatic rings. The van der Waals surface area contributed by atoms with Gasteiger partial charge in [-0.05, 0) is 37.3 Å². The van der Waals surface area contributed by atoms with Crippen LogP contribution in [0.1, 0.15) is 24.8 Å². The van der Waals surface area contributed by atoms with Crippen molar-refractivity contribution < 1.29 is 4.39 Å². The molecule has 2 unspecified atom stereocenters. The molecule has 1 aromatic carbocycles. The molecule has 0 aliphatic heterocycles. The van der Waals surface area contributed by atoms with Crippen molar-refractivity contribution in [1.82, 2.24) is 0 Å². The van der Waals surface area contributed by atoms with Crippen LogP contribution < -0.4 is 11.1 Å². The second-order valence-corrected chi connectivity index (χ2v) is 6.03. The highest BCUT2D eigenvalue weighted by atomic mass is 32.2. The van der Waals surface area contributed by atoms with Crippen LogP contribution in [-0.2, 0) is 0 Å². The Bertz CT molecular complexity index is 451. The zero-order valence-electron chi connectivity index (χ0n) is 10.3. The number of hydrogen-bond donors (Lipinski definition) is 2. The van der Waals surface area contributed by atoms with Crippen LogP contribution in [-0.4, -0.2) is 22.5 Å². The van der Waals surface area contributed by atoms with E-state index in [1.807, 2.05) is 11.8 Å². The Morgan fingerprint density at radius 1 is 1.50 bits per heavy atom. The number of halogens is 1. The number of thiocarbonyl (C=S) groups is 1. The van der Waals surface area contributed by atoms with Gasteiger partial charge in [0.2, 0.25) is 0 Å². The topological polar surface area (TPSA) is 38.0 Å². The van der Waals surface area contributed by atoms with Crippen molar-refractivity contribution in [2.45, 2.75) is 30.6 Å². The summed E-state index contributed by atoms with van der Waals surface area (Å²) < 4.78 is 13.2. The third-order valence-corrected chi connectivity index (χ3v) is 4.73. The molecule has 0 radical (unpaired) electrons. The Labute approximate surface area is 117 Å². The van der Waals surface area contributed by atoms with Crippen LogP contribution in [0.4, 0.5) is 10.1 Å². The second kappa shape index (κ2) is 5.89. The fourth-order valence-corrected chi connectivity index (χ4v) is 3.52. The fourth-order valence-electron chi connectivity index (χ4n) is 2.42. The quantitative estimate of drug-likeness (QED) is 0.833. The van der Waals surface area contributed by atoms with Crippen LogP contribution in [0.3, 0.4) is 0 Å². The Kier molecular flexibility index (Phi) is 4.45. The summed E-state index contributed by atoms with van der Waals surface area (Å²) in [6.45, 7) is 0. The summed E-state index contributed by atoms with van der Waals surface area (Å²) in [6.07, 6.45) is 5.72. The van der Waals surface area contributed by atoms with Gasteiger partial charge in [0, 0.05) is 22.5 Å². The lowest BCUT2D eigenvalue weighted by Crippen LogP contribution is -2.27. The summed E-state index contributed by atoms with van der Waals surface area (Å²) in [5.41, 5.74) is 7.08. The van der Waals surface area contributed by atoms with E-state index in [2.05, 4.69) is 11.6 Å². The normalized spacial score (nSPS) is 23.0. The first-order chi connectivity index (χ1) is 8.61. The third-order valence-electron chi connectivity index (χ3n) is 3.34. The summed E-state index contributed by atoms with van der Waals surface area (Å²) in [4.78, 5) is 0.232. The molecule has 2 nitrogen and oxygen atoms in total. The average Bonchev–Trinajstić information content (AvgIpc) is 2.78. The lowest BCUT2D eigenvalue weighted by Gasteiger charge is -2.22. The summed E-state index contributed by atoms with van der Waals surface area (Å²) in [7, 11) is 0. The number of nitrogens with two attached hydrogens (primary N) is 1. The first-order valence-corrected chi connectivity index (χ1v) is 7.70. The van der Waals surface area contributed by atoms with Crippen LogP contribution in [0.5, 0.6) is 0 Å². The van der Waals surface area contributed by atoms with Crippen LogP contribution in [0.15, 0.2) is 18.2 Å². The van der Waals surface area contributed by atoms with Gasteiger partial charge in [0.05, 0.1) is 0 Å². The molecule has 0 amide bonds. The smallest absolute Gasteiger partial charge is 0.124 e. The predicted octanol–water partition coefficient (Wildman–Crippen LogP) is 3.16. The highest BCUT2D eigenvalue weighted by Gasteiger charge is 2.26. The maximum absolute atomic E-state index is 13.2. The van der Waals surface area contributed by atoms with Gasteiger partial charge in [0.25, 0.3) is 0 Å². The largest absolute Gasteiger partial charge is 0.389 e. The predicted molar refractivity (Wildman–Crippen MR) is 80.9 cm³/mol. The molecule has 18 heavy (non-hydrogen) atoms. The van der Waals surface area contributed by atoms with Gasteiger partial charge in [-0.1, -0.05) is 18.6 Å². The van der Waals surface area contributed by atoms with Crippen molar-refractivity contribution in [2.24, 2.45) is 5.73 Å². The molecule has 5 heteroatoms. The van der Waals surface area contributed by atoms with Gasteiger partial charge in [0.1, 0.15) is 10.8 Å². The number of rotatable bonds is 4. The van der Waals surface area contributed by atoms with E-state index in [4.69, 9.17) is 18.0 Å². The van der Waals surface area contributed by atoms with E-state index in [0.717, 1.165) is 12.1 Å². The van der Waals surface area contributed by atoms with E-state index >= 15 is 0 Å². The fraction of sp³-hybridized carbons (Fsp3) is 0.462. The molecule has 0 saturated heterocycles. The van der Waals surface area contributed by atoms with Gasteiger partial charge < -0.3 is 11.1 Å². The van der Waals surface area contributed by atoms with E-state index in [-0.39, 0.29) is 10.8 Å². The maximum Gasteiger partial charge on any atom is 0.124 e. The Balaban J connectivity index is 2.20. The van der Waals surface area contributed by atoms with Crippen molar-refractivity contribution in [2.75, 3.05) is 11.6 Å². The van der Waals surface area contributed by atoms with Crippen molar-refractivity contribution in [1.29, 1.82) is 0 Å². The van der Waals surface area contributed by atoms with E-state index < -0.39 is 0 Å². The monoisotopic (exact) mass is 284 g/mol. The van der Waals surface area contributed by atoms with Gasteiger partial charge in [0.15, 0.2) is 0 Å². The molecule has 2 rings (SSSR count). The van der Waals surface area contributed by atoms with Gasteiger partial charge in [-0.2, -0.15) is 11.8 Å². The molecule has 0 spiro atoms. The lowest BCUT2D eigenvalue weighted by atomic mass is 10.1. The van der Waals surface area contributed by atoms with Gasteiger partial charge in [-0.25, -0.2) is 4.39 Å². The third kappa shape index (κ3) is 2.95. The van der Waals surface area contributed by atoms with Crippen molar-refractivity contribution in [3.8, 4) is 0 Å². The van der Waals surface area contributed by atoms with Gasteiger partial charge >= 0.3 is 0 Å². The molecule has 1 aromatic rings. The van der Waals surface area contributed by atoms with Crippen molar-refractivity contribution in [3.05, 3.63) is 29.6 Å². The number of hydrogen-bond acceptors (Lipinski definition) is 3. The van der Waals surface area contributed by atoms with Crippen LogP contribution in [0.25, 0.3) is 0 Å². The Morgan fingerprint density at radius 2 is 2.28 bits per heavy atom. The zero-order chi connectivity index (χ0) is 13.1. The van der Waals surface area contributed by atoms with E-state index in [1.54, 1.807) is 6.07 Å². The lowest BCUT2D eigenvalue weighted by molar-refractivity contribution is 0.627. The minimum atomic E-state index is -0.309. The maximum atomic E-state index is 13.2. The number of benzene rings is 1. The summed E-state index contributed by atoms with van der Waals surface area (Å²) in [6, 6.07) is 4.97. The highest BCUT2D eigenvalue weighted by molar-refractivity contribution is 7.99. The molecular weight excluding hydrogens is 267 g/mol. The van der Waals surface area contributed by atoms with Crippen LogP contribution >= 0.6 is 24.0 Å². The Morgan fingerprint density at radius 3 is 2.94 bits per heavy atom. The van der Waals surface area contributed by atoms with Gasteiger partial charge in [-0.3, -0.25) is 0 Å². The molecule has 0 bridgehead atoms. The minimum Gasteiger partial charge on any atom is -0.389 e. The van der Waals surface area contributed by atoms with Crippen LogP contribution in [0.2, 0.25) is 0 Å². The summed E-state index contributed by atoms with van der Waals surface area (Å²) in [5, 5.41) is 4.07. The average molecular weight is 284 g/mol. The summed E-state index contributed by atoms with van der Waals surface area (Å²) >= 11 is 6.85. The molecule has 1 fully saturated rings. The summed E-state index contributed by atoms with van der Waals surface area (Å²) in [5.74, 6) is -0.309. The molecule has 1 aliphatic carbocycles. The minimum absolute atomic E-state index is 0.232. The zero-order valence-corrected chi connectivity index (χ0v) is 11.9. The molecule has 2 atom stereocenters. The molecule has 0 aromatic heterocycles. The van der Waals surface area contributed by atoms with E-state index in [1.165, 1.54) is 25.0 Å². The van der Waals surface area contributed by atoms with Crippen LogP contribution in [0, 0.1) is 5.82 Å². The Hall–Kier alpha value is -0.810. The van der Waals surface area contributed by atoms with E-state index in [0.29, 0.717) is 16.9 Å². The number of anilines is 1. The molecule has 3 N–H and O–H groups in total. The first kappa shape index (κ1) is 13.6. The molecule has 0 heterocycles. The van der Waals surface area contributed by atoms with Crippen molar-refractivity contribution >= 4 is 34.7 Å². The van der Waals surface area contributed by atoms with E-state index in [9.17, 15) is 4.39 Å². The second-order valence-electron chi connectivity index (χ2n) is 4.51. The molecule has 98 valence electrons. The highest BCUT2D eigenvalue weighted by Crippen LogP contribution is 2.31. The molecule has 1 saturated carbocycles. The standard InChI is InChI=1S/C13H17FN2S2/c1-18-12-4-2-3-11(12)16-10-6-5-8(14)7-9(10)13(15)17/h5-7,11-12,16H,2-4H2,1H3,(H2,15,17). The van der Waals surface area contributed by atoms with Crippen molar-refractivity contribution in [3.63, 3.8) is 0 Å².